The molecule has 1 aliphatic rings. The Bertz CT molecular complexity index is 916. The van der Waals surface area contributed by atoms with Crippen molar-refractivity contribution < 1.29 is 17.9 Å². The number of aromatic amines is 1. The predicted octanol–water partition coefficient (Wildman–Crippen LogP) is 2.02. The number of ether oxygens (including phenoxy) is 1. The van der Waals surface area contributed by atoms with Crippen LogP contribution in [-0.2, 0) is 14.6 Å². The van der Waals surface area contributed by atoms with Crippen LogP contribution in [0.25, 0.3) is 11.4 Å². The summed E-state index contributed by atoms with van der Waals surface area (Å²) in [6.07, 6.45) is 1.81. The van der Waals surface area contributed by atoms with Crippen molar-refractivity contribution in [3.8, 4) is 17.1 Å². The molecule has 1 aliphatic carbocycles. The number of sulfone groups is 1. The smallest absolute Gasteiger partial charge is 0.249 e. The summed E-state index contributed by atoms with van der Waals surface area (Å²) >= 11 is 0. The molecule has 0 atom stereocenters. The van der Waals surface area contributed by atoms with Gasteiger partial charge < -0.3 is 4.74 Å². The van der Waals surface area contributed by atoms with Crippen LogP contribution in [0.3, 0.4) is 0 Å². The van der Waals surface area contributed by atoms with Gasteiger partial charge in [-0.3, -0.25) is 15.2 Å². The zero-order valence-corrected chi connectivity index (χ0v) is 15.8. The molecule has 1 saturated carbocycles. The molecule has 2 N–H and O–H groups in total. The van der Waals surface area contributed by atoms with Crippen LogP contribution in [0.15, 0.2) is 24.3 Å². The van der Waals surface area contributed by atoms with E-state index in [1.165, 1.54) is 13.8 Å². The number of anilines is 1. The Morgan fingerprint density at radius 3 is 2.69 bits per heavy atom. The third kappa shape index (κ3) is 3.57. The normalized spacial score (nSPS) is 14.9. The van der Waals surface area contributed by atoms with Crippen LogP contribution in [-0.4, -0.2) is 47.1 Å². The molecule has 3 rings (SSSR count). The molecule has 1 fully saturated rings. The summed E-state index contributed by atoms with van der Waals surface area (Å²) in [7, 11) is -2.02. The van der Waals surface area contributed by atoms with E-state index < -0.39 is 20.5 Å². The second-order valence-corrected chi connectivity index (χ2v) is 9.48. The Morgan fingerprint density at radius 2 is 2.04 bits per heavy atom. The number of hydrogen-bond donors (Lipinski definition) is 2. The summed E-state index contributed by atoms with van der Waals surface area (Å²) in [6, 6.07) is 7.24. The first-order valence-corrected chi connectivity index (χ1v) is 9.99. The monoisotopic (exact) mass is 378 g/mol. The molecule has 26 heavy (non-hydrogen) atoms. The predicted molar refractivity (Wildman–Crippen MR) is 97.6 cm³/mol. The Hall–Kier alpha value is -2.42. The van der Waals surface area contributed by atoms with E-state index in [0.29, 0.717) is 17.1 Å². The van der Waals surface area contributed by atoms with Crippen molar-refractivity contribution in [3.05, 3.63) is 24.3 Å². The average molecular weight is 378 g/mol. The van der Waals surface area contributed by atoms with Gasteiger partial charge in [0.15, 0.2) is 15.7 Å². The van der Waals surface area contributed by atoms with Crippen molar-refractivity contribution in [1.82, 2.24) is 15.2 Å². The molecule has 0 radical (unpaired) electrons. The van der Waals surface area contributed by atoms with Gasteiger partial charge in [0.05, 0.1) is 18.4 Å². The standard InChI is InChI=1S/C17H22N4O4S/c1-17(2,26(23,24)10-11-8-9-11)15(22)19-16-18-14(20-21-16)12-6-4-5-7-13(12)25-3/h4-7,11H,8-10H2,1-3H3,(H2,18,19,20,21,22). The average Bonchev–Trinajstić information content (AvgIpc) is 3.28. The molecule has 8 nitrogen and oxygen atoms in total. The Morgan fingerprint density at radius 1 is 1.35 bits per heavy atom. The van der Waals surface area contributed by atoms with Gasteiger partial charge in [-0.2, -0.15) is 4.98 Å². The van der Waals surface area contributed by atoms with Gasteiger partial charge in [0.1, 0.15) is 10.5 Å². The van der Waals surface area contributed by atoms with Gasteiger partial charge in [0.25, 0.3) is 0 Å². The second-order valence-electron chi connectivity index (χ2n) is 6.90. The first kappa shape index (κ1) is 18.4. The molecule has 2 aromatic rings. The van der Waals surface area contributed by atoms with E-state index in [1.54, 1.807) is 19.2 Å². The third-order valence-corrected chi connectivity index (χ3v) is 7.20. The summed E-state index contributed by atoms with van der Waals surface area (Å²) in [5.74, 6) is 0.598. The van der Waals surface area contributed by atoms with Crippen molar-refractivity contribution in [2.45, 2.75) is 31.4 Å². The fourth-order valence-electron chi connectivity index (χ4n) is 2.47. The van der Waals surface area contributed by atoms with E-state index >= 15 is 0 Å². The largest absolute Gasteiger partial charge is 0.496 e. The van der Waals surface area contributed by atoms with Gasteiger partial charge in [-0.1, -0.05) is 12.1 Å². The zero-order chi connectivity index (χ0) is 18.9. The molecule has 0 spiro atoms. The van der Waals surface area contributed by atoms with Gasteiger partial charge in [-0.25, -0.2) is 8.42 Å². The zero-order valence-electron chi connectivity index (χ0n) is 14.9. The number of carbonyl (C=O) groups is 1. The quantitative estimate of drug-likeness (QED) is 0.762. The number of nitrogens with one attached hydrogen (secondary N) is 2. The number of nitrogens with zero attached hydrogens (tertiary/aromatic N) is 2. The SMILES string of the molecule is COc1ccccc1-c1nc(NC(=O)C(C)(C)S(=O)(=O)CC2CC2)n[nH]1. The lowest BCUT2D eigenvalue weighted by molar-refractivity contribution is -0.117. The number of benzene rings is 1. The first-order chi connectivity index (χ1) is 12.2. The number of rotatable bonds is 7. The molecule has 1 heterocycles. The minimum absolute atomic E-state index is 0.0191. The van der Waals surface area contributed by atoms with E-state index in [0.717, 1.165) is 12.8 Å². The Kier molecular flexibility index (Phi) is 4.74. The molecule has 9 heteroatoms. The number of carbonyl (C=O) groups excluding carboxylic acids is 1. The fourth-order valence-corrected chi connectivity index (χ4v) is 4.18. The van der Waals surface area contributed by atoms with Crippen LogP contribution >= 0.6 is 0 Å². The highest BCUT2D eigenvalue weighted by Gasteiger charge is 2.44. The minimum Gasteiger partial charge on any atom is -0.496 e. The second kappa shape index (κ2) is 6.71. The van der Waals surface area contributed by atoms with Gasteiger partial charge in [0.2, 0.25) is 11.9 Å². The van der Waals surface area contributed by atoms with Gasteiger partial charge in [0, 0.05) is 0 Å². The summed E-state index contributed by atoms with van der Waals surface area (Å²) in [5, 5.41) is 9.18. The van der Waals surface area contributed by atoms with Crippen molar-refractivity contribution in [2.24, 2.45) is 5.92 Å². The number of hydrogen-bond acceptors (Lipinski definition) is 6. The summed E-state index contributed by atoms with van der Waals surface area (Å²) in [5.41, 5.74) is 0.684. The van der Waals surface area contributed by atoms with E-state index in [-0.39, 0.29) is 17.6 Å². The highest BCUT2D eigenvalue weighted by atomic mass is 32.2. The van der Waals surface area contributed by atoms with Crippen molar-refractivity contribution in [3.63, 3.8) is 0 Å². The molecule has 1 amide bonds. The lowest BCUT2D eigenvalue weighted by Crippen LogP contribution is -2.46. The van der Waals surface area contributed by atoms with E-state index in [2.05, 4.69) is 20.5 Å². The highest BCUT2D eigenvalue weighted by Crippen LogP contribution is 2.34. The summed E-state index contributed by atoms with van der Waals surface area (Å²) < 4.78 is 28.8. The number of amides is 1. The maximum atomic E-state index is 12.5. The Labute approximate surface area is 152 Å². The van der Waals surface area contributed by atoms with Gasteiger partial charge in [-0.05, 0) is 44.7 Å². The molecule has 0 unspecified atom stereocenters. The van der Waals surface area contributed by atoms with Crippen LogP contribution in [0, 0.1) is 5.92 Å². The molecular formula is C17H22N4O4S. The first-order valence-electron chi connectivity index (χ1n) is 8.34. The van der Waals surface area contributed by atoms with Gasteiger partial charge >= 0.3 is 0 Å². The number of H-pyrrole nitrogens is 1. The molecule has 0 saturated heterocycles. The van der Waals surface area contributed by atoms with Crippen LogP contribution < -0.4 is 10.1 Å². The van der Waals surface area contributed by atoms with E-state index in [4.69, 9.17) is 4.74 Å². The van der Waals surface area contributed by atoms with Crippen molar-refractivity contribution >= 4 is 21.7 Å². The maximum Gasteiger partial charge on any atom is 0.249 e. The summed E-state index contributed by atoms with van der Waals surface area (Å²) in [6.45, 7) is 2.82. The van der Waals surface area contributed by atoms with E-state index in [9.17, 15) is 13.2 Å². The van der Waals surface area contributed by atoms with Crippen LogP contribution in [0.4, 0.5) is 5.95 Å². The van der Waals surface area contributed by atoms with Crippen molar-refractivity contribution in [2.75, 3.05) is 18.2 Å². The lowest BCUT2D eigenvalue weighted by atomic mass is 10.2. The van der Waals surface area contributed by atoms with Gasteiger partial charge in [-0.15, -0.1) is 5.10 Å². The van der Waals surface area contributed by atoms with Crippen LogP contribution in [0.1, 0.15) is 26.7 Å². The number of methoxy groups -OCH3 is 1. The molecular weight excluding hydrogens is 356 g/mol. The molecule has 0 bridgehead atoms. The number of para-hydroxylation sites is 1. The van der Waals surface area contributed by atoms with E-state index in [1.807, 2.05) is 12.1 Å². The fraction of sp³-hybridized carbons (Fsp3) is 0.471. The highest BCUT2D eigenvalue weighted by molar-refractivity contribution is 7.93. The molecule has 0 aliphatic heterocycles. The molecule has 140 valence electrons. The Balaban J connectivity index is 1.77. The number of aromatic nitrogens is 3. The molecule has 1 aromatic heterocycles. The van der Waals surface area contributed by atoms with Crippen LogP contribution in [0.5, 0.6) is 5.75 Å². The maximum absolute atomic E-state index is 12.5. The third-order valence-electron chi connectivity index (χ3n) is 4.55. The topological polar surface area (TPSA) is 114 Å². The molecule has 1 aromatic carbocycles. The lowest BCUT2D eigenvalue weighted by Gasteiger charge is -2.22. The summed E-state index contributed by atoms with van der Waals surface area (Å²) in [4.78, 5) is 16.8. The minimum atomic E-state index is -3.57. The van der Waals surface area contributed by atoms with Crippen LogP contribution in [0.2, 0.25) is 0 Å². The van der Waals surface area contributed by atoms with Crippen molar-refractivity contribution in [1.29, 1.82) is 0 Å².